The molecule has 1 atom stereocenters. The van der Waals surface area contributed by atoms with E-state index >= 15 is 0 Å². The molecule has 1 aromatic carbocycles. The minimum absolute atomic E-state index is 0.0735. The monoisotopic (exact) mass is 248 g/mol. The second-order valence-corrected chi connectivity index (χ2v) is 4.93. The molecule has 3 nitrogen and oxygen atoms in total. The van der Waals surface area contributed by atoms with E-state index in [0.717, 1.165) is 18.4 Å². The van der Waals surface area contributed by atoms with Crippen molar-refractivity contribution in [3.05, 3.63) is 29.3 Å². The fourth-order valence-electron chi connectivity index (χ4n) is 2.26. The van der Waals surface area contributed by atoms with Gasteiger partial charge in [0.05, 0.1) is 5.56 Å². The molecule has 1 amide bonds. The Bertz CT molecular complexity index is 411. The van der Waals surface area contributed by atoms with E-state index in [0.29, 0.717) is 17.2 Å². The lowest BCUT2D eigenvalue weighted by Crippen LogP contribution is -2.38. The number of anilines is 1. The zero-order valence-corrected chi connectivity index (χ0v) is 11.8. The second-order valence-electron chi connectivity index (χ2n) is 4.93. The van der Waals surface area contributed by atoms with Crippen LogP contribution in [0, 0.1) is 12.8 Å². The van der Waals surface area contributed by atoms with Gasteiger partial charge in [-0.1, -0.05) is 38.3 Å². The van der Waals surface area contributed by atoms with Crippen LogP contribution in [-0.2, 0) is 0 Å². The van der Waals surface area contributed by atoms with Gasteiger partial charge in [0.2, 0.25) is 0 Å². The van der Waals surface area contributed by atoms with Crippen molar-refractivity contribution < 1.29 is 4.79 Å². The third-order valence-corrected chi connectivity index (χ3v) is 3.57. The Morgan fingerprint density at radius 3 is 2.50 bits per heavy atom. The fourth-order valence-corrected chi connectivity index (χ4v) is 2.26. The molecule has 0 aliphatic heterocycles. The van der Waals surface area contributed by atoms with Crippen molar-refractivity contribution >= 4 is 11.6 Å². The van der Waals surface area contributed by atoms with E-state index in [4.69, 9.17) is 5.73 Å². The van der Waals surface area contributed by atoms with Crippen molar-refractivity contribution in [3.8, 4) is 0 Å². The number of carbonyl (C=O) groups excluding carboxylic acids is 1. The van der Waals surface area contributed by atoms with Gasteiger partial charge in [0.1, 0.15) is 0 Å². The first kappa shape index (κ1) is 14.6. The number of hydrogen-bond acceptors (Lipinski definition) is 2. The van der Waals surface area contributed by atoms with E-state index in [1.54, 1.807) is 6.07 Å². The Hall–Kier alpha value is -1.51. The van der Waals surface area contributed by atoms with Crippen LogP contribution in [0.5, 0.6) is 0 Å². The molecule has 0 saturated carbocycles. The summed E-state index contributed by atoms with van der Waals surface area (Å²) >= 11 is 0. The van der Waals surface area contributed by atoms with Gasteiger partial charge in [-0.2, -0.15) is 0 Å². The van der Waals surface area contributed by atoms with Crippen LogP contribution >= 0.6 is 0 Å². The van der Waals surface area contributed by atoms with E-state index < -0.39 is 0 Å². The van der Waals surface area contributed by atoms with Gasteiger partial charge >= 0.3 is 0 Å². The maximum Gasteiger partial charge on any atom is 0.253 e. The minimum Gasteiger partial charge on any atom is -0.398 e. The van der Waals surface area contributed by atoms with Crippen molar-refractivity contribution in [1.82, 2.24) is 5.32 Å². The molecule has 0 aliphatic carbocycles. The number of aryl methyl sites for hydroxylation is 1. The van der Waals surface area contributed by atoms with E-state index in [1.165, 1.54) is 0 Å². The van der Waals surface area contributed by atoms with E-state index in [1.807, 2.05) is 19.1 Å². The highest BCUT2D eigenvalue weighted by molar-refractivity contribution is 5.99. The number of hydrogen-bond donors (Lipinski definition) is 2. The van der Waals surface area contributed by atoms with Gasteiger partial charge in [-0.15, -0.1) is 0 Å². The molecule has 3 N–H and O–H groups in total. The number of carbonyl (C=O) groups is 1. The fraction of sp³-hybridized carbons (Fsp3) is 0.533. The molecule has 0 fully saturated rings. The molecular formula is C15H24N2O. The lowest BCUT2D eigenvalue weighted by molar-refractivity contribution is 0.0926. The van der Waals surface area contributed by atoms with Gasteiger partial charge in [0, 0.05) is 11.7 Å². The first-order chi connectivity index (χ1) is 8.49. The molecule has 0 heterocycles. The van der Waals surface area contributed by atoms with E-state index in [2.05, 4.69) is 26.1 Å². The topological polar surface area (TPSA) is 55.1 Å². The first-order valence-electron chi connectivity index (χ1n) is 6.66. The number of nitrogens with one attached hydrogen (secondary N) is 1. The first-order valence-corrected chi connectivity index (χ1v) is 6.66. The maximum absolute atomic E-state index is 12.2. The summed E-state index contributed by atoms with van der Waals surface area (Å²) in [6.07, 6.45) is 2.14. The maximum atomic E-state index is 12.2. The molecule has 0 aromatic heterocycles. The summed E-state index contributed by atoms with van der Waals surface area (Å²) in [4.78, 5) is 12.2. The smallest absolute Gasteiger partial charge is 0.253 e. The molecule has 0 aliphatic rings. The van der Waals surface area contributed by atoms with Gasteiger partial charge < -0.3 is 11.1 Å². The molecule has 3 heteroatoms. The zero-order valence-electron chi connectivity index (χ0n) is 11.8. The molecule has 1 unspecified atom stereocenters. The Morgan fingerprint density at radius 1 is 1.33 bits per heavy atom. The molecule has 100 valence electrons. The Labute approximate surface area is 110 Å². The van der Waals surface area contributed by atoms with Crippen LogP contribution in [0.3, 0.4) is 0 Å². The molecule has 18 heavy (non-hydrogen) atoms. The molecule has 0 radical (unpaired) electrons. The summed E-state index contributed by atoms with van der Waals surface area (Å²) in [5.74, 6) is 0.440. The Morgan fingerprint density at radius 2 is 1.94 bits per heavy atom. The SMILES string of the molecule is CCC(CC)C(C)NC(=O)c1cc(C)ccc1N. The summed E-state index contributed by atoms with van der Waals surface area (Å²) in [5, 5.41) is 3.05. The average Bonchev–Trinajstić information content (AvgIpc) is 2.33. The van der Waals surface area contributed by atoms with Crippen molar-refractivity contribution in [2.45, 2.75) is 46.6 Å². The van der Waals surface area contributed by atoms with Gasteiger partial charge in [0.25, 0.3) is 5.91 Å². The lowest BCUT2D eigenvalue weighted by atomic mass is 9.95. The lowest BCUT2D eigenvalue weighted by Gasteiger charge is -2.22. The molecular weight excluding hydrogens is 224 g/mol. The highest BCUT2D eigenvalue weighted by atomic mass is 16.1. The second kappa shape index (κ2) is 6.43. The molecule has 0 saturated heterocycles. The van der Waals surface area contributed by atoms with Crippen LogP contribution in [0.2, 0.25) is 0 Å². The summed E-state index contributed by atoms with van der Waals surface area (Å²) < 4.78 is 0. The Balaban J connectivity index is 2.79. The van der Waals surface area contributed by atoms with Gasteiger partial charge in [-0.3, -0.25) is 4.79 Å². The van der Waals surface area contributed by atoms with Crippen LogP contribution in [-0.4, -0.2) is 11.9 Å². The number of nitrogens with two attached hydrogens (primary N) is 1. The van der Waals surface area contributed by atoms with Gasteiger partial charge in [0.15, 0.2) is 0 Å². The van der Waals surface area contributed by atoms with Crippen molar-refractivity contribution in [2.75, 3.05) is 5.73 Å². The number of amides is 1. The van der Waals surface area contributed by atoms with Gasteiger partial charge in [-0.25, -0.2) is 0 Å². The van der Waals surface area contributed by atoms with E-state index in [-0.39, 0.29) is 11.9 Å². The third kappa shape index (κ3) is 3.49. The predicted octanol–water partition coefficient (Wildman–Crippen LogP) is 3.13. The van der Waals surface area contributed by atoms with Crippen molar-refractivity contribution in [2.24, 2.45) is 5.92 Å². The third-order valence-electron chi connectivity index (χ3n) is 3.57. The summed E-state index contributed by atoms with van der Waals surface area (Å²) in [6, 6.07) is 5.71. The van der Waals surface area contributed by atoms with Crippen LogP contribution in [0.1, 0.15) is 49.5 Å². The number of benzene rings is 1. The quantitative estimate of drug-likeness (QED) is 0.787. The minimum atomic E-state index is -0.0735. The normalized spacial score (nSPS) is 12.5. The number of nitrogen functional groups attached to an aromatic ring is 1. The van der Waals surface area contributed by atoms with E-state index in [9.17, 15) is 4.79 Å². The van der Waals surface area contributed by atoms with Gasteiger partial charge in [-0.05, 0) is 31.9 Å². The van der Waals surface area contributed by atoms with Crippen LogP contribution < -0.4 is 11.1 Å². The standard InChI is InChI=1S/C15H24N2O/c1-5-12(6-2)11(4)17-15(18)13-9-10(3)7-8-14(13)16/h7-9,11-12H,5-6,16H2,1-4H3,(H,17,18). The highest BCUT2D eigenvalue weighted by Crippen LogP contribution is 2.16. The Kier molecular flexibility index (Phi) is 5.20. The predicted molar refractivity (Wildman–Crippen MR) is 76.6 cm³/mol. The molecule has 0 bridgehead atoms. The highest BCUT2D eigenvalue weighted by Gasteiger charge is 2.18. The zero-order chi connectivity index (χ0) is 13.7. The van der Waals surface area contributed by atoms with Crippen LogP contribution in [0.15, 0.2) is 18.2 Å². The molecule has 1 aromatic rings. The van der Waals surface area contributed by atoms with Crippen LogP contribution in [0.25, 0.3) is 0 Å². The summed E-state index contributed by atoms with van der Waals surface area (Å²) in [5.41, 5.74) is 8.01. The number of rotatable bonds is 5. The largest absolute Gasteiger partial charge is 0.398 e. The average molecular weight is 248 g/mol. The van der Waals surface area contributed by atoms with Crippen LogP contribution in [0.4, 0.5) is 5.69 Å². The summed E-state index contributed by atoms with van der Waals surface area (Å²) in [7, 11) is 0. The van der Waals surface area contributed by atoms with Crippen molar-refractivity contribution in [3.63, 3.8) is 0 Å². The van der Waals surface area contributed by atoms with Crippen molar-refractivity contribution in [1.29, 1.82) is 0 Å². The molecule has 1 rings (SSSR count). The molecule has 0 spiro atoms. The summed E-state index contributed by atoms with van der Waals surface area (Å²) in [6.45, 7) is 8.32.